The summed E-state index contributed by atoms with van der Waals surface area (Å²) in [7, 11) is 0. The summed E-state index contributed by atoms with van der Waals surface area (Å²) in [6, 6.07) is 18.6. The predicted molar refractivity (Wildman–Crippen MR) is 199 cm³/mol. The molecule has 0 saturated heterocycles. The van der Waals surface area contributed by atoms with Crippen LogP contribution in [0.2, 0.25) is 0 Å². The van der Waals surface area contributed by atoms with E-state index in [2.05, 4.69) is 19.7 Å². The Morgan fingerprint density at radius 1 is 0.623 bits per heavy atom. The highest BCUT2D eigenvalue weighted by Crippen LogP contribution is 2.31. The van der Waals surface area contributed by atoms with Crippen LogP contribution in [-0.4, -0.2) is 48.6 Å². The summed E-state index contributed by atoms with van der Waals surface area (Å²) in [6.07, 6.45) is 6.92. The van der Waals surface area contributed by atoms with Gasteiger partial charge in [-0.3, -0.25) is 15.0 Å². The lowest BCUT2D eigenvalue weighted by Crippen LogP contribution is -2.13. The van der Waals surface area contributed by atoms with Crippen LogP contribution in [0, 0.1) is 5.41 Å². The highest BCUT2D eigenvalue weighted by Gasteiger charge is 2.22. The molecule has 4 aromatic rings. The van der Waals surface area contributed by atoms with E-state index in [0.29, 0.717) is 19.0 Å². The van der Waals surface area contributed by atoms with Gasteiger partial charge in [0.15, 0.2) is 23.1 Å². The Morgan fingerprint density at radius 2 is 1.26 bits per heavy atom. The summed E-state index contributed by atoms with van der Waals surface area (Å²) in [6.45, 7) is 12.9. The minimum atomic E-state index is -0.854. The van der Waals surface area contributed by atoms with Crippen molar-refractivity contribution in [1.29, 1.82) is 5.41 Å². The summed E-state index contributed by atoms with van der Waals surface area (Å²) in [4.78, 5) is 63.6. The predicted octanol–water partition coefficient (Wildman–Crippen LogP) is 8.18. The number of benzene rings is 4. The van der Waals surface area contributed by atoms with Crippen LogP contribution in [0.15, 0.2) is 111 Å². The highest BCUT2D eigenvalue weighted by atomic mass is 16.6. The molecule has 0 fully saturated rings. The van der Waals surface area contributed by atoms with Crippen molar-refractivity contribution in [2.75, 3.05) is 13.2 Å². The fourth-order valence-electron chi connectivity index (χ4n) is 5.07. The zero-order valence-corrected chi connectivity index (χ0v) is 29.3. The molecule has 0 atom stereocenters. The van der Waals surface area contributed by atoms with Crippen LogP contribution in [0.3, 0.4) is 0 Å². The van der Waals surface area contributed by atoms with Gasteiger partial charge in [0, 0.05) is 35.3 Å². The normalized spacial score (nSPS) is 10.4. The summed E-state index contributed by atoms with van der Waals surface area (Å²) in [5, 5.41) is 9.06. The molecule has 0 radical (unpaired) electrons. The smallest absolute Gasteiger partial charge is 0.343 e. The Labute approximate surface area is 307 Å². The van der Waals surface area contributed by atoms with Crippen molar-refractivity contribution in [1.82, 2.24) is 0 Å². The Hall–Kier alpha value is -6.62. The van der Waals surface area contributed by atoms with Gasteiger partial charge in [-0.25, -0.2) is 14.4 Å². The van der Waals surface area contributed by atoms with Crippen LogP contribution in [0.5, 0.6) is 23.0 Å². The van der Waals surface area contributed by atoms with Crippen LogP contribution in [0.4, 0.5) is 0 Å². The molecule has 0 aromatic heterocycles. The molecule has 0 aliphatic heterocycles. The molecule has 0 bridgehead atoms. The van der Waals surface area contributed by atoms with Gasteiger partial charge < -0.3 is 23.7 Å². The van der Waals surface area contributed by atoms with Gasteiger partial charge in [-0.2, -0.15) is 0 Å². The van der Waals surface area contributed by atoms with Crippen LogP contribution in [-0.2, 0) is 14.3 Å². The molecule has 0 aliphatic rings. The van der Waals surface area contributed by atoms with Crippen molar-refractivity contribution >= 4 is 46.1 Å². The third-order valence-corrected chi connectivity index (χ3v) is 7.83. The van der Waals surface area contributed by atoms with E-state index < -0.39 is 23.7 Å². The quantitative estimate of drug-likeness (QED) is 0.0191. The van der Waals surface area contributed by atoms with E-state index in [1.807, 2.05) is 18.2 Å². The van der Waals surface area contributed by atoms with Gasteiger partial charge in [-0.05, 0) is 103 Å². The summed E-state index contributed by atoms with van der Waals surface area (Å²) in [5.74, 6) is -2.80. The van der Waals surface area contributed by atoms with E-state index in [1.165, 1.54) is 42.5 Å². The summed E-state index contributed by atoms with van der Waals surface area (Å²) >= 11 is 0. The molecular formula is C42H39NO10. The van der Waals surface area contributed by atoms with Crippen LogP contribution >= 0.6 is 0 Å². The molecule has 4 aromatic carbocycles. The molecular weight excluding hydrogens is 678 g/mol. The first-order valence-corrected chi connectivity index (χ1v) is 16.8. The Bertz CT molecular complexity index is 2080. The molecule has 11 heteroatoms. The summed E-state index contributed by atoms with van der Waals surface area (Å²) < 4.78 is 27.0. The number of ketones is 2. The molecule has 1 N–H and O–H groups in total. The fourth-order valence-corrected chi connectivity index (χ4v) is 5.07. The van der Waals surface area contributed by atoms with Crippen LogP contribution < -0.4 is 18.9 Å². The number of rotatable bonds is 19. The molecule has 11 nitrogen and oxygen atoms in total. The first-order chi connectivity index (χ1) is 25.6. The lowest BCUT2D eigenvalue weighted by molar-refractivity contribution is -0.131. The number of hydrogen-bond acceptors (Lipinski definition) is 11. The number of ether oxygens (including phenoxy) is 5. The van der Waals surface area contributed by atoms with Crippen molar-refractivity contribution in [3.63, 3.8) is 0 Å². The largest absolute Gasteiger partial charge is 0.494 e. The second kappa shape index (κ2) is 19.1. The standard InChI is InChI=1S/C42H39NO10/c1-5-35(44)34-26-32(18-19-33(34)41(47)29-16-20-36(52-39(45)7-3)37(25-29)53-40(46)8-4)51-42(48)30-14-13-28-24-31(17-15-27(28)23-30)49-21-11-9-10-12-22-50-38(43)6-2/h6-8,13-20,23-26,43H,2-5,9-12,21-22H2,1H3. The molecule has 0 saturated carbocycles. The van der Waals surface area contributed by atoms with Crippen molar-refractivity contribution in [2.24, 2.45) is 0 Å². The molecule has 0 heterocycles. The molecule has 272 valence electrons. The maximum absolute atomic E-state index is 13.7. The van der Waals surface area contributed by atoms with Gasteiger partial charge in [-0.15, -0.1) is 0 Å². The second-order valence-corrected chi connectivity index (χ2v) is 11.5. The van der Waals surface area contributed by atoms with Crippen molar-refractivity contribution in [2.45, 2.75) is 39.0 Å². The molecule has 4 rings (SSSR count). The van der Waals surface area contributed by atoms with Gasteiger partial charge in [0.05, 0.1) is 18.8 Å². The van der Waals surface area contributed by atoms with Crippen LogP contribution in [0.1, 0.15) is 75.7 Å². The van der Waals surface area contributed by atoms with Gasteiger partial charge in [0.2, 0.25) is 5.90 Å². The van der Waals surface area contributed by atoms with E-state index in [1.54, 1.807) is 25.1 Å². The maximum Gasteiger partial charge on any atom is 0.343 e. The Morgan fingerprint density at radius 3 is 1.96 bits per heavy atom. The molecule has 0 spiro atoms. The molecule has 0 aliphatic carbocycles. The molecule has 0 amide bonds. The third-order valence-electron chi connectivity index (χ3n) is 7.83. The maximum atomic E-state index is 13.7. The Kier molecular flexibility index (Phi) is 14.1. The lowest BCUT2D eigenvalue weighted by Gasteiger charge is -2.13. The number of nitrogens with one attached hydrogen (secondary N) is 1. The SMILES string of the molecule is C=CC(=N)OCCCCCCOc1ccc2cc(C(=O)Oc3ccc(C(=O)c4ccc(OC(=O)C=C)c(OC(=O)C=C)c4)c(C(=O)CC)c3)ccc2c1. The fraction of sp³-hybridized carbons (Fsp3) is 0.190. The number of Topliss-reactive ketones (excluding diaryl/α,β-unsaturated/α-hetero) is 1. The molecule has 53 heavy (non-hydrogen) atoms. The number of fused-ring (bicyclic) bond motifs is 1. The van der Waals surface area contributed by atoms with Crippen molar-refractivity contribution < 1.29 is 47.7 Å². The van der Waals surface area contributed by atoms with Crippen molar-refractivity contribution in [3.05, 3.63) is 133 Å². The van der Waals surface area contributed by atoms with E-state index in [-0.39, 0.29) is 57.6 Å². The van der Waals surface area contributed by atoms with Crippen molar-refractivity contribution in [3.8, 4) is 23.0 Å². The lowest BCUT2D eigenvalue weighted by atomic mass is 9.94. The zero-order valence-electron chi connectivity index (χ0n) is 29.3. The second-order valence-electron chi connectivity index (χ2n) is 11.5. The minimum Gasteiger partial charge on any atom is -0.494 e. The van der Waals surface area contributed by atoms with E-state index in [9.17, 15) is 24.0 Å². The average Bonchev–Trinajstić information content (AvgIpc) is 3.18. The van der Waals surface area contributed by atoms with E-state index in [0.717, 1.165) is 48.6 Å². The van der Waals surface area contributed by atoms with Crippen LogP contribution in [0.25, 0.3) is 10.8 Å². The number of carbonyl (C=O) groups is 5. The van der Waals surface area contributed by atoms with Gasteiger partial charge in [-0.1, -0.05) is 38.8 Å². The monoisotopic (exact) mass is 717 g/mol. The minimum absolute atomic E-state index is 0.0215. The first kappa shape index (κ1) is 39.2. The number of hydrogen-bond donors (Lipinski definition) is 1. The Balaban J connectivity index is 1.44. The zero-order chi connectivity index (χ0) is 38.3. The van der Waals surface area contributed by atoms with Gasteiger partial charge in [0.1, 0.15) is 11.5 Å². The first-order valence-electron chi connectivity index (χ1n) is 16.8. The number of unbranched alkanes of at least 4 members (excludes halogenated alkanes) is 3. The topological polar surface area (TPSA) is 155 Å². The van der Waals surface area contributed by atoms with Gasteiger partial charge >= 0.3 is 17.9 Å². The van der Waals surface area contributed by atoms with E-state index >= 15 is 0 Å². The molecule has 0 unspecified atom stereocenters. The van der Waals surface area contributed by atoms with Gasteiger partial charge in [0.25, 0.3) is 0 Å². The highest BCUT2D eigenvalue weighted by molar-refractivity contribution is 6.16. The third kappa shape index (κ3) is 10.9. The number of carbonyl (C=O) groups excluding carboxylic acids is 5. The summed E-state index contributed by atoms with van der Waals surface area (Å²) in [5.41, 5.74) is 0.354. The number of esters is 3. The van der Waals surface area contributed by atoms with E-state index in [4.69, 9.17) is 29.1 Å². The average molecular weight is 718 g/mol.